The quantitative estimate of drug-likeness (QED) is 0.783. The smallest absolute Gasteiger partial charge is 0.319 e. The summed E-state index contributed by atoms with van der Waals surface area (Å²) in [6.07, 6.45) is 0.733. The molecule has 2 rings (SSSR count). The molecule has 22 heavy (non-hydrogen) atoms. The number of aryl methyl sites for hydroxylation is 1. The molecule has 2 aromatic rings. The predicted molar refractivity (Wildman–Crippen MR) is 89.8 cm³/mol. The van der Waals surface area contributed by atoms with Gasteiger partial charge in [0.25, 0.3) is 0 Å². The third-order valence-corrected chi connectivity index (χ3v) is 3.21. The number of hydrogen-bond donors (Lipinski definition) is 2. The zero-order chi connectivity index (χ0) is 15.8. The molecule has 0 aliphatic heterocycles. The molecule has 116 valence electrons. The molecule has 0 unspecified atom stereocenters. The number of halogens is 1. The van der Waals surface area contributed by atoms with Crippen molar-refractivity contribution in [2.75, 3.05) is 18.5 Å². The maximum atomic E-state index is 11.7. The maximum Gasteiger partial charge on any atom is 0.319 e. The Balaban J connectivity index is 1.62. The van der Waals surface area contributed by atoms with Crippen molar-refractivity contribution >= 4 is 23.3 Å². The van der Waals surface area contributed by atoms with E-state index in [2.05, 4.69) is 10.6 Å². The Kier molecular flexibility index (Phi) is 6.10. The Morgan fingerprint density at radius 2 is 1.95 bits per heavy atom. The van der Waals surface area contributed by atoms with Crippen LogP contribution in [0.25, 0.3) is 0 Å². The highest BCUT2D eigenvalue weighted by Gasteiger charge is 2.01. The van der Waals surface area contributed by atoms with E-state index in [1.807, 2.05) is 31.2 Å². The number of amides is 2. The standard InChI is InChI=1S/C17H19ClN2O2/c1-13-6-8-16(9-7-13)22-11-3-10-19-17(21)20-15-5-2-4-14(18)12-15/h2,4-9,12H,3,10-11H2,1H3,(H2,19,20,21). The molecule has 0 radical (unpaired) electrons. The molecule has 0 saturated carbocycles. The Hall–Kier alpha value is -2.20. The van der Waals surface area contributed by atoms with E-state index in [4.69, 9.17) is 16.3 Å². The van der Waals surface area contributed by atoms with Gasteiger partial charge in [0, 0.05) is 17.3 Å². The van der Waals surface area contributed by atoms with Crippen LogP contribution in [0.3, 0.4) is 0 Å². The van der Waals surface area contributed by atoms with Gasteiger partial charge in [0.2, 0.25) is 0 Å². The van der Waals surface area contributed by atoms with Crippen molar-refractivity contribution in [2.45, 2.75) is 13.3 Å². The van der Waals surface area contributed by atoms with Gasteiger partial charge in [0.15, 0.2) is 0 Å². The lowest BCUT2D eigenvalue weighted by Gasteiger charge is -2.09. The fourth-order valence-corrected chi connectivity index (χ4v) is 2.03. The van der Waals surface area contributed by atoms with E-state index in [9.17, 15) is 4.79 Å². The van der Waals surface area contributed by atoms with Crippen LogP contribution < -0.4 is 15.4 Å². The van der Waals surface area contributed by atoms with Crippen molar-refractivity contribution in [1.82, 2.24) is 5.32 Å². The predicted octanol–water partition coefficient (Wildman–Crippen LogP) is 4.24. The fourth-order valence-electron chi connectivity index (χ4n) is 1.84. The summed E-state index contributed by atoms with van der Waals surface area (Å²) in [4.78, 5) is 11.7. The van der Waals surface area contributed by atoms with E-state index in [0.717, 1.165) is 12.2 Å². The lowest BCUT2D eigenvalue weighted by molar-refractivity contribution is 0.250. The molecule has 0 bridgehead atoms. The summed E-state index contributed by atoms with van der Waals surface area (Å²) in [5, 5.41) is 6.08. The first-order valence-electron chi connectivity index (χ1n) is 7.13. The summed E-state index contributed by atoms with van der Waals surface area (Å²) in [5.41, 5.74) is 1.87. The van der Waals surface area contributed by atoms with Gasteiger partial charge < -0.3 is 15.4 Å². The first-order valence-corrected chi connectivity index (χ1v) is 7.51. The first kappa shape index (κ1) is 16.2. The summed E-state index contributed by atoms with van der Waals surface area (Å²) < 4.78 is 5.59. The molecule has 0 spiro atoms. The van der Waals surface area contributed by atoms with Gasteiger partial charge in [0.1, 0.15) is 5.75 Å². The van der Waals surface area contributed by atoms with Crippen LogP contribution in [0.5, 0.6) is 5.75 Å². The number of rotatable bonds is 6. The highest BCUT2D eigenvalue weighted by Crippen LogP contribution is 2.14. The minimum Gasteiger partial charge on any atom is -0.494 e. The Morgan fingerprint density at radius 1 is 1.18 bits per heavy atom. The van der Waals surface area contributed by atoms with Crippen LogP contribution in [0.2, 0.25) is 5.02 Å². The molecule has 4 nitrogen and oxygen atoms in total. The Bertz CT molecular complexity index is 614. The maximum absolute atomic E-state index is 11.7. The second-order valence-corrected chi connectivity index (χ2v) is 5.34. The molecule has 0 aliphatic carbocycles. The van der Waals surface area contributed by atoms with Gasteiger partial charge in [-0.1, -0.05) is 35.4 Å². The summed E-state index contributed by atoms with van der Waals surface area (Å²) >= 11 is 5.85. The molecule has 5 heteroatoms. The number of benzene rings is 2. The summed E-state index contributed by atoms with van der Waals surface area (Å²) in [6, 6.07) is 14.7. The molecule has 2 amide bonds. The van der Waals surface area contributed by atoms with Crippen LogP contribution in [0.4, 0.5) is 10.5 Å². The molecule has 0 heterocycles. The van der Waals surface area contributed by atoms with Gasteiger partial charge in [-0.05, 0) is 43.7 Å². The summed E-state index contributed by atoms with van der Waals surface area (Å²) in [6.45, 7) is 3.13. The molecule has 2 aromatic carbocycles. The van der Waals surface area contributed by atoms with Crippen LogP contribution in [0, 0.1) is 6.92 Å². The zero-order valence-electron chi connectivity index (χ0n) is 12.4. The van der Waals surface area contributed by atoms with Crippen molar-refractivity contribution in [3.05, 3.63) is 59.1 Å². The van der Waals surface area contributed by atoms with Crippen LogP contribution in [-0.4, -0.2) is 19.2 Å². The van der Waals surface area contributed by atoms with Gasteiger partial charge in [-0.15, -0.1) is 0 Å². The van der Waals surface area contributed by atoms with Crippen LogP contribution in [0.1, 0.15) is 12.0 Å². The normalized spacial score (nSPS) is 10.1. The fraction of sp³-hybridized carbons (Fsp3) is 0.235. The molecular formula is C17H19ClN2O2. The van der Waals surface area contributed by atoms with Crippen molar-refractivity contribution in [3.8, 4) is 5.75 Å². The van der Waals surface area contributed by atoms with Gasteiger partial charge in [0.05, 0.1) is 6.61 Å². The van der Waals surface area contributed by atoms with Crippen LogP contribution >= 0.6 is 11.6 Å². The highest BCUT2D eigenvalue weighted by atomic mass is 35.5. The van der Waals surface area contributed by atoms with E-state index in [0.29, 0.717) is 23.9 Å². The summed E-state index contributed by atoms with van der Waals surface area (Å²) in [5.74, 6) is 0.842. The lowest BCUT2D eigenvalue weighted by Crippen LogP contribution is -2.30. The molecule has 0 aromatic heterocycles. The lowest BCUT2D eigenvalue weighted by atomic mass is 10.2. The second kappa shape index (κ2) is 8.29. The highest BCUT2D eigenvalue weighted by molar-refractivity contribution is 6.30. The van der Waals surface area contributed by atoms with Gasteiger partial charge in [-0.25, -0.2) is 4.79 Å². The monoisotopic (exact) mass is 318 g/mol. The number of carbonyl (C=O) groups is 1. The van der Waals surface area contributed by atoms with Crippen molar-refractivity contribution in [2.24, 2.45) is 0 Å². The first-order chi connectivity index (χ1) is 10.6. The van der Waals surface area contributed by atoms with Crippen molar-refractivity contribution < 1.29 is 9.53 Å². The largest absolute Gasteiger partial charge is 0.494 e. The SMILES string of the molecule is Cc1ccc(OCCCNC(=O)Nc2cccc(Cl)c2)cc1. The van der Waals surface area contributed by atoms with Gasteiger partial charge >= 0.3 is 6.03 Å². The molecule has 0 atom stereocenters. The van der Waals surface area contributed by atoms with Gasteiger partial charge in [-0.3, -0.25) is 0 Å². The number of ether oxygens (including phenoxy) is 1. The van der Waals surface area contributed by atoms with E-state index in [-0.39, 0.29) is 6.03 Å². The van der Waals surface area contributed by atoms with Crippen molar-refractivity contribution in [1.29, 1.82) is 0 Å². The van der Waals surface area contributed by atoms with E-state index >= 15 is 0 Å². The molecule has 0 aliphatic rings. The van der Waals surface area contributed by atoms with E-state index in [1.54, 1.807) is 24.3 Å². The van der Waals surface area contributed by atoms with Gasteiger partial charge in [-0.2, -0.15) is 0 Å². The Labute approximate surface area is 135 Å². The average molecular weight is 319 g/mol. The summed E-state index contributed by atoms with van der Waals surface area (Å²) in [7, 11) is 0. The minimum atomic E-state index is -0.252. The Morgan fingerprint density at radius 3 is 2.68 bits per heavy atom. The average Bonchev–Trinajstić information content (AvgIpc) is 2.49. The molecular weight excluding hydrogens is 300 g/mol. The number of carbonyl (C=O) groups excluding carboxylic acids is 1. The number of urea groups is 1. The number of anilines is 1. The third kappa shape index (κ3) is 5.66. The molecule has 2 N–H and O–H groups in total. The third-order valence-electron chi connectivity index (χ3n) is 2.98. The number of nitrogens with one attached hydrogen (secondary N) is 2. The van der Waals surface area contributed by atoms with Crippen molar-refractivity contribution in [3.63, 3.8) is 0 Å². The van der Waals surface area contributed by atoms with Crippen LogP contribution in [-0.2, 0) is 0 Å². The molecule has 0 fully saturated rings. The topological polar surface area (TPSA) is 50.4 Å². The molecule has 0 saturated heterocycles. The zero-order valence-corrected chi connectivity index (χ0v) is 13.2. The van der Waals surface area contributed by atoms with E-state index in [1.165, 1.54) is 5.56 Å². The minimum absolute atomic E-state index is 0.252. The number of hydrogen-bond acceptors (Lipinski definition) is 2. The van der Waals surface area contributed by atoms with E-state index < -0.39 is 0 Å². The second-order valence-electron chi connectivity index (χ2n) is 4.91. The van der Waals surface area contributed by atoms with Crippen LogP contribution in [0.15, 0.2) is 48.5 Å².